The number of hydrogen-bond acceptors (Lipinski definition) is 3. The van der Waals surface area contributed by atoms with E-state index in [1.807, 2.05) is 47.4 Å². The molecule has 0 aromatic heterocycles. The molecule has 3 nitrogen and oxygen atoms in total. The Labute approximate surface area is 130 Å². The van der Waals surface area contributed by atoms with Gasteiger partial charge in [-0.1, -0.05) is 48.0 Å². The number of rotatable bonds is 6. The van der Waals surface area contributed by atoms with E-state index in [0.717, 1.165) is 16.8 Å². The lowest BCUT2D eigenvalue weighted by molar-refractivity contribution is 0.199. The fraction of sp³-hybridized carbons (Fsp3) is 0.294. The van der Waals surface area contributed by atoms with Gasteiger partial charge in [-0.25, -0.2) is 0 Å². The van der Waals surface area contributed by atoms with Gasteiger partial charge in [-0.05, 0) is 30.2 Å². The van der Waals surface area contributed by atoms with Gasteiger partial charge >= 0.3 is 0 Å². The second-order valence-electron chi connectivity index (χ2n) is 5.02. The van der Waals surface area contributed by atoms with Crippen molar-refractivity contribution in [2.24, 2.45) is 0 Å². The van der Waals surface area contributed by atoms with Crippen LogP contribution in [0.4, 0.5) is 5.69 Å². The highest BCUT2D eigenvalue weighted by Gasteiger charge is 2.12. The van der Waals surface area contributed by atoms with Crippen molar-refractivity contribution in [3.63, 3.8) is 0 Å². The van der Waals surface area contributed by atoms with Crippen molar-refractivity contribution < 1.29 is 10.2 Å². The zero-order chi connectivity index (χ0) is 15.2. The normalized spacial score (nSPS) is 12.2. The minimum absolute atomic E-state index is 0.0569. The van der Waals surface area contributed by atoms with Gasteiger partial charge in [0.05, 0.1) is 23.4 Å². The Hall–Kier alpha value is -1.55. The number of hydrogen-bond donors (Lipinski definition) is 2. The van der Waals surface area contributed by atoms with Gasteiger partial charge in [-0.2, -0.15) is 0 Å². The summed E-state index contributed by atoms with van der Waals surface area (Å²) in [6.45, 7) is 2.94. The van der Waals surface area contributed by atoms with Crippen molar-refractivity contribution in [2.45, 2.75) is 19.6 Å². The molecule has 0 aliphatic carbocycles. The fourth-order valence-electron chi connectivity index (χ4n) is 2.25. The topological polar surface area (TPSA) is 43.7 Å². The van der Waals surface area contributed by atoms with E-state index in [0.29, 0.717) is 18.1 Å². The summed E-state index contributed by atoms with van der Waals surface area (Å²) < 4.78 is 0. The first-order valence-electron chi connectivity index (χ1n) is 6.99. The summed E-state index contributed by atoms with van der Waals surface area (Å²) in [4.78, 5) is 2.03. The van der Waals surface area contributed by atoms with E-state index in [1.165, 1.54) is 0 Å². The van der Waals surface area contributed by atoms with E-state index < -0.39 is 6.10 Å². The second-order valence-corrected chi connectivity index (χ2v) is 5.42. The van der Waals surface area contributed by atoms with E-state index in [2.05, 4.69) is 0 Å². The molecule has 0 spiro atoms. The van der Waals surface area contributed by atoms with Crippen LogP contribution in [0.3, 0.4) is 0 Å². The third-order valence-electron chi connectivity index (χ3n) is 3.38. The first-order valence-corrected chi connectivity index (χ1v) is 7.37. The Bertz CT molecular complexity index is 572. The van der Waals surface area contributed by atoms with E-state index in [4.69, 9.17) is 11.6 Å². The first kappa shape index (κ1) is 15.8. The molecule has 2 aromatic carbocycles. The molecule has 0 heterocycles. The number of benzene rings is 2. The molecule has 0 amide bonds. The van der Waals surface area contributed by atoms with Crippen LogP contribution in [0.5, 0.6) is 0 Å². The summed E-state index contributed by atoms with van der Waals surface area (Å²) in [5.74, 6) is 0. The molecule has 0 aliphatic heterocycles. The van der Waals surface area contributed by atoms with Crippen LogP contribution in [0.25, 0.3) is 0 Å². The van der Waals surface area contributed by atoms with Crippen molar-refractivity contribution >= 4 is 17.3 Å². The summed E-state index contributed by atoms with van der Waals surface area (Å²) in [6, 6.07) is 15.6. The van der Waals surface area contributed by atoms with Crippen molar-refractivity contribution in [3.05, 3.63) is 64.7 Å². The molecule has 0 radical (unpaired) electrons. The van der Waals surface area contributed by atoms with E-state index in [1.54, 1.807) is 13.0 Å². The maximum Gasteiger partial charge on any atom is 0.0762 e. The molecular formula is C17H20ClNO2. The Morgan fingerprint density at radius 2 is 1.86 bits per heavy atom. The Kier molecular flexibility index (Phi) is 5.62. The largest absolute Gasteiger partial charge is 0.395 e. The van der Waals surface area contributed by atoms with Crippen LogP contribution in [0.2, 0.25) is 5.02 Å². The molecule has 2 aromatic rings. The third-order valence-corrected chi connectivity index (χ3v) is 3.68. The van der Waals surface area contributed by atoms with Crippen molar-refractivity contribution in [1.82, 2.24) is 0 Å². The first-order chi connectivity index (χ1) is 10.1. The van der Waals surface area contributed by atoms with Crippen LogP contribution >= 0.6 is 11.6 Å². The van der Waals surface area contributed by atoms with Gasteiger partial charge in [-0.15, -0.1) is 0 Å². The van der Waals surface area contributed by atoms with Crippen molar-refractivity contribution in [3.8, 4) is 0 Å². The molecule has 0 fully saturated rings. The molecule has 21 heavy (non-hydrogen) atoms. The van der Waals surface area contributed by atoms with Crippen LogP contribution in [-0.2, 0) is 6.54 Å². The minimum Gasteiger partial charge on any atom is -0.395 e. The standard InChI is InChI=1S/C17H20ClNO2/c1-13(21)15-7-8-17(16(18)11-15)19(9-10-20)12-14-5-3-2-4-6-14/h2-8,11,13,20-21H,9-10,12H2,1H3/t13-/m1/s1. The van der Waals surface area contributed by atoms with Gasteiger partial charge in [0.15, 0.2) is 0 Å². The average molecular weight is 306 g/mol. The van der Waals surface area contributed by atoms with Gasteiger partial charge in [0.2, 0.25) is 0 Å². The fourth-order valence-corrected chi connectivity index (χ4v) is 2.56. The predicted molar refractivity (Wildman–Crippen MR) is 86.7 cm³/mol. The van der Waals surface area contributed by atoms with Crippen LogP contribution in [-0.4, -0.2) is 23.4 Å². The number of anilines is 1. The number of nitrogens with zero attached hydrogens (tertiary/aromatic N) is 1. The van der Waals surface area contributed by atoms with Gasteiger partial charge in [0.1, 0.15) is 0 Å². The molecular weight excluding hydrogens is 286 g/mol. The number of aliphatic hydroxyl groups is 2. The monoisotopic (exact) mass is 305 g/mol. The maximum atomic E-state index is 9.60. The minimum atomic E-state index is -0.544. The summed E-state index contributed by atoms with van der Waals surface area (Å²) in [6.07, 6.45) is -0.544. The van der Waals surface area contributed by atoms with Crippen LogP contribution in [0, 0.1) is 0 Å². The molecule has 0 bridgehead atoms. The van der Waals surface area contributed by atoms with E-state index >= 15 is 0 Å². The molecule has 0 unspecified atom stereocenters. The lowest BCUT2D eigenvalue weighted by Gasteiger charge is -2.25. The molecule has 112 valence electrons. The Balaban J connectivity index is 2.25. The predicted octanol–water partition coefficient (Wildman–Crippen LogP) is 3.39. The van der Waals surface area contributed by atoms with Crippen LogP contribution in [0.15, 0.2) is 48.5 Å². The molecule has 0 saturated heterocycles. The van der Waals surface area contributed by atoms with Crippen LogP contribution in [0.1, 0.15) is 24.2 Å². The van der Waals surface area contributed by atoms with Crippen molar-refractivity contribution in [2.75, 3.05) is 18.1 Å². The van der Waals surface area contributed by atoms with Gasteiger partial charge in [0, 0.05) is 13.1 Å². The Morgan fingerprint density at radius 1 is 1.14 bits per heavy atom. The van der Waals surface area contributed by atoms with Crippen molar-refractivity contribution in [1.29, 1.82) is 0 Å². The SMILES string of the molecule is C[C@@H](O)c1ccc(N(CCO)Cc2ccccc2)c(Cl)c1. The average Bonchev–Trinajstić information content (AvgIpc) is 2.48. The molecule has 2 rings (SSSR count). The Morgan fingerprint density at radius 3 is 2.43 bits per heavy atom. The molecule has 0 aliphatic rings. The summed E-state index contributed by atoms with van der Waals surface area (Å²) in [7, 11) is 0. The summed E-state index contributed by atoms with van der Waals surface area (Å²) in [5.41, 5.74) is 2.80. The third kappa shape index (κ3) is 4.21. The highest BCUT2D eigenvalue weighted by Crippen LogP contribution is 2.30. The summed E-state index contributed by atoms with van der Waals surface area (Å²) >= 11 is 6.34. The zero-order valence-corrected chi connectivity index (χ0v) is 12.8. The highest BCUT2D eigenvalue weighted by molar-refractivity contribution is 6.33. The smallest absolute Gasteiger partial charge is 0.0762 e. The van der Waals surface area contributed by atoms with Crippen LogP contribution < -0.4 is 4.90 Å². The lowest BCUT2D eigenvalue weighted by atomic mass is 10.1. The number of halogens is 1. The second kappa shape index (κ2) is 7.46. The van der Waals surface area contributed by atoms with Gasteiger partial charge in [-0.3, -0.25) is 0 Å². The van der Waals surface area contributed by atoms with E-state index in [-0.39, 0.29) is 6.61 Å². The van der Waals surface area contributed by atoms with E-state index in [9.17, 15) is 10.2 Å². The molecule has 1 atom stereocenters. The molecule has 0 saturated carbocycles. The van der Waals surface area contributed by atoms with Gasteiger partial charge < -0.3 is 15.1 Å². The molecule has 2 N–H and O–H groups in total. The quantitative estimate of drug-likeness (QED) is 0.860. The number of aliphatic hydroxyl groups excluding tert-OH is 2. The summed E-state index contributed by atoms with van der Waals surface area (Å²) in [5, 5.41) is 19.5. The maximum absolute atomic E-state index is 9.60. The zero-order valence-electron chi connectivity index (χ0n) is 12.0. The lowest BCUT2D eigenvalue weighted by Crippen LogP contribution is -2.26. The highest BCUT2D eigenvalue weighted by atomic mass is 35.5. The van der Waals surface area contributed by atoms with Gasteiger partial charge in [0.25, 0.3) is 0 Å². The molecule has 4 heteroatoms.